The number of allylic oxidation sites excluding steroid dienone is 1. The van der Waals surface area contributed by atoms with Gasteiger partial charge in [-0.05, 0) is 28.1 Å². The first-order chi connectivity index (χ1) is 6.73. The highest BCUT2D eigenvalue weighted by Gasteiger charge is 2.40. The summed E-state index contributed by atoms with van der Waals surface area (Å²) in [5.74, 6) is 0. The Balaban J connectivity index is 2.37. The van der Waals surface area contributed by atoms with Crippen molar-refractivity contribution in [2.45, 2.75) is 3.66 Å². The van der Waals surface area contributed by atoms with E-state index in [1.807, 2.05) is 42.5 Å². The third kappa shape index (κ3) is 1.83. The van der Waals surface area contributed by atoms with E-state index in [1.54, 1.807) is 0 Å². The predicted molar refractivity (Wildman–Crippen MR) is 64.8 cm³/mol. The molecule has 2 rings (SSSR count). The molecule has 1 heterocycles. The Labute approximate surface area is 94.9 Å². The Morgan fingerprint density at radius 2 is 2.00 bits per heavy atom. The second kappa shape index (κ2) is 3.75. The topological polar surface area (TPSA) is 17.1 Å². The van der Waals surface area contributed by atoms with Crippen LogP contribution in [0.15, 0.2) is 42.5 Å². The fraction of sp³-hybridized carbons (Fsp3) is 0.0909. The molecule has 1 aromatic carbocycles. The molecule has 0 aliphatic carbocycles. The van der Waals surface area contributed by atoms with E-state index in [9.17, 15) is 4.79 Å². The summed E-state index contributed by atoms with van der Waals surface area (Å²) in [7, 11) is 0. The van der Waals surface area contributed by atoms with Gasteiger partial charge in [0.25, 0.3) is 0 Å². The van der Waals surface area contributed by atoms with Gasteiger partial charge in [0.2, 0.25) is 16.2 Å². The summed E-state index contributed by atoms with van der Waals surface area (Å²) >= 11 is 4.89. The Hall–Kier alpha value is -0.800. The summed E-state index contributed by atoms with van der Waals surface area (Å²) in [4.78, 5) is 11.9. The fourth-order valence-corrected chi connectivity index (χ4v) is 2.81. The molecule has 0 aromatic heterocycles. The molecule has 1 atom stereocenters. The van der Waals surface area contributed by atoms with Crippen LogP contribution in [0.2, 0.25) is 0 Å². The Morgan fingerprint density at radius 1 is 1.29 bits per heavy atom. The number of carbonyl (C=O) groups excluding carboxylic acids is 1. The van der Waals surface area contributed by atoms with E-state index in [0.717, 1.165) is 16.7 Å². The molecule has 1 aliphatic heterocycles. The first-order valence-corrected chi connectivity index (χ1v) is 5.80. The smallest absolute Gasteiger partial charge is 0.295 e. The van der Waals surface area contributed by atoms with Crippen LogP contribution >= 0.6 is 15.9 Å². The molecule has 1 aromatic rings. The molecule has 1 nitrogen and oxygen atoms in total. The predicted octanol–water partition coefficient (Wildman–Crippen LogP) is 2.15. The second-order valence-electron chi connectivity index (χ2n) is 2.98. The van der Waals surface area contributed by atoms with Gasteiger partial charge < -0.3 is 0 Å². The molecule has 0 fully saturated rings. The number of halogens is 1. The number of hydrogen-bond donors (Lipinski definition) is 0. The molecule has 0 bridgehead atoms. The van der Waals surface area contributed by atoms with E-state index in [2.05, 4.69) is 15.9 Å². The molecule has 1 unspecified atom stereocenters. The van der Waals surface area contributed by atoms with E-state index in [-0.39, 0.29) is 0 Å². The molecule has 1 aliphatic rings. The number of aldehydes is 1. The summed E-state index contributed by atoms with van der Waals surface area (Å²) in [5, 5.41) is 0. The minimum atomic E-state index is -0.557. The van der Waals surface area contributed by atoms with E-state index < -0.39 is 3.66 Å². The van der Waals surface area contributed by atoms with Crippen LogP contribution in [0, 0.1) is 0 Å². The second-order valence-corrected chi connectivity index (χ2v) is 6.14. The quantitative estimate of drug-likeness (QED) is 0.347. The van der Waals surface area contributed by atoms with Gasteiger partial charge in [-0.15, -0.1) is 0 Å². The first-order valence-electron chi connectivity index (χ1n) is 4.19. The molecular weight excluding hydrogens is 260 g/mol. The van der Waals surface area contributed by atoms with E-state index in [1.165, 1.54) is 11.4 Å². The van der Waals surface area contributed by atoms with Crippen LogP contribution in [0.4, 0.5) is 0 Å². The van der Waals surface area contributed by atoms with E-state index >= 15 is 0 Å². The van der Waals surface area contributed by atoms with Crippen molar-refractivity contribution < 1.29 is 4.79 Å². The average molecular weight is 268 g/mol. The molecular formula is C11H8BrOS+. The van der Waals surface area contributed by atoms with Crippen LogP contribution in [0.5, 0.6) is 0 Å². The van der Waals surface area contributed by atoms with Crippen molar-refractivity contribution in [3.63, 3.8) is 0 Å². The maximum Gasteiger partial charge on any atom is 0.321 e. The molecule has 14 heavy (non-hydrogen) atoms. The fourth-order valence-electron chi connectivity index (χ4n) is 1.25. The number of hydrogen-bond acceptors (Lipinski definition) is 1. The molecule has 3 heteroatoms. The Morgan fingerprint density at radius 3 is 2.57 bits per heavy atom. The zero-order chi connectivity index (χ0) is 10.0. The normalized spacial score (nSPS) is 24.8. The van der Waals surface area contributed by atoms with Crippen LogP contribution in [-0.4, -0.2) is 14.8 Å². The van der Waals surface area contributed by atoms with Crippen LogP contribution in [0.25, 0.3) is 0 Å². The SMILES string of the molecule is O=CC1(Br)C=CC(c2ccccc2)=[S+]1. The molecule has 0 saturated heterocycles. The number of carbonyl (C=O) groups is 1. The zero-order valence-corrected chi connectivity index (χ0v) is 9.72. The lowest BCUT2D eigenvalue weighted by Crippen LogP contribution is -2.15. The highest BCUT2D eigenvalue weighted by atomic mass is 79.9. The highest BCUT2D eigenvalue weighted by molar-refractivity contribution is 9.12. The van der Waals surface area contributed by atoms with Gasteiger partial charge in [0, 0.05) is 17.7 Å². The van der Waals surface area contributed by atoms with Gasteiger partial charge in [-0.3, -0.25) is 4.79 Å². The lowest BCUT2D eigenvalue weighted by molar-refractivity contribution is -0.107. The van der Waals surface area contributed by atoms with Crippen LogP contribution in [0.3, 0.4) is 0 Å². The van der Waals surface area contributed by atoms with Crippen molar-refractivity contribution in [1.82, 2.24) is 0 Å². The summed E-state index contributed by atoms with van der Waals surface area (Å²) in [5.41, 5.74) is 1.15. The van der Waals surface area contributed by atoms with Gasteiger partial charge in [0.05, 0.1) is 0 Å². The standard InChI is InChI=1S/C11H8BrOS/c12-11(8-13)7-6-10(14-11)9-4-2-1-3-5-9/h1-8H/q+1. The van der Waals surface area contributed by atoms with Crippen molar-refractivity contribution in [1.29, 1.82) is 0 Å². The minimum Gasteiger partial charge on any atom is -0.295 e. The molecule has 0 spiro atoms. The number of alkyl halides is 1. The molecule has 0 radical (unpaired) electrons. The maximum atomic E-state index is 10.8. The third-order valence-corrected chi connectivity index (χ3v) is 4.02. The molecule has 0 saturated carbocycles. The Kier molecular flexibility index (Phi) is 2.61. The van der Waals surface area contributed by atoms with Crippen molar-refractivity contribution in [2.75, 3.05) is 0 Å². The van der Waals surface area contributed by atoms with Crippen LogP contribution < -0.4 is 0 Å². The van der Waals surface area contributed by atoms with Crippen molar-refractivity contribution in [3.05, 3.63) is 48.0 Å². The minimum absolute atomic E-state index is 0.557. The molecule has 0 N–H and O–H groups in total. The Bertz CT molecular complexity index is 411. The van der Waals surface area contributed by atoms with Gasteiger partial charge in [-0.25, -0.2) is 0 Å². The van der Waals surface area contributed by atoms with Gasteiger partial charge >= 0.3 is 3.66 Å². The summed E-state index contributed by atoms with van der Waals surface area (Å²) in [6.45, 7) is 0. The van der Waals surface area contributed by atoms with Crippen molar-refractivity contribution in [3.8, 4) is 0 Å². The first kappa shape index (κ1) is 9.74. The number of benzene rings is 1. The lowest BCUT2D eigenvalue weighted by atomic mass is 10.1. The largest absolute Gasteiger partial charge is 0.321 e. The van der Waals surface area contributed by atoms with E-state index in [0.29, 0.717) is 0 Å². The monoisotopic (exact) mass is 267 g/mol. The maximum absolute atomic E-state index is 10.8. The zero-order valence-electron chi connectivity index (χ0n) is 7.31. The van der Waals surface area contributed by atoms with Crippen LogP contribution in [0.1, 0.15) is 5.56 Å². The van der Waals surface area contributed by atoms with Crippen molar-refractivity contribution in [2.24, 2.45) is 0 Å². The lowest BCUT2D eigenvalue weighted by Gasteiger charge is -1.91. The van der Waals surface area contributed by atoms with Crippen LogP contribution in [-0.2, 0) is 16.1 Å². The molecule has 70 valence electrons. The van der Waals surface area contributed by atoms with Gasteiger partial charge in [0.1, 0.15) is 0 Å². The van der Waals surface area contributed by atoms with Gasteiger partial charge in [-0.2, -0.15) is 0 Å². The molecule has 0 amide bonds. The van der Waals surface area contributed by atoms with Gasteiger partial charge in [-0.1, -0.05) is 18.2 Å². The summed E-state index contributed by atoms with van der Waals surface area (Å²) in [6, 6.07) is 10.0. The van der Waals surface area contributed by atoms with Crippen molar-refractivity contribution >= 4 is 38.4 Å². The summed E-state index contributed by atoms with van der Waals surface area (Å²) < 4.78 is -0.557. The number of rotatable bonds is 2. The van der Waals surface area contributed by atoms with E-state index in [4.69, 9.17) is 0 Å². The summed E-state index contributed by atoms with van der Waals surface area (Å²) in [6.07, 6.45) is 4.75. The highest BCUT2D eigenvalue weighted by Crippen LogP contribution is 2.23. The van der Waals surface area contributed by atoms with Gasteiger partial charge in [0.15, 0.2) is 6.29 Å². The average Bonchev–Trinajstić information content (AvgIpc) is 2.63. The third-order valence-electron chi connectivity index (χ3n) is 1.95.